The van der Waals surface area contributed by atoms with Crippen LogP contribution < -0.4 is 0 Å². The van der Waals surface area contributed by atoms with Gasteiger partial charge in [0.2, 0.25) is 0 Å². The number of carbonyl (C=O) groups is 1. The van der Waals surface area contributed by atoms with Gasteiger partial charge >= 0.3 is 0 Å². The molecule has 118 valence electrons. The summed E-state index contributed by atoms with van der Waals surface area (Å²) >= 11 is 1.52. The van der Waals surface area contributed by atoms with E-state index in [1.807, 2.05) is 25.8 Å². The van der Waals surface area contributed by atoms with Crippen LogP contribution in [0.3, 0.4) is 0 Å². The van der Waals surface area contributed by atoms with Crippen molar-refractivity contribution in [1.29, 1.82) is 0 Å². The molecule has 0 unspecified atom stereocenters. The van der Waals surface area contributed by atoms with Gasteiger partial charge in [-0.2, -0.15) is 0 Å². The van der Waals surface area contributed by atoms with Crippen LogP contribution in [0.4, 0.5) is 0 Å². The molecule has 5 heteroatoms. The van der Waals surface area contributed by atoms with Crippen molar-refractivity contribution in [3.63, 3.8) is 0 Å². The minimum absolute atomic E-state index is 0.112. The molecule has 4 nitrogen and oxygen atoms in total. The summed E-state index contributed by atoms with van der Waals surface area (Å²) in [7, 11) is 1.88. The van der Waals surface area contributed by atoms with Crippen LogP contribution in [0.15, 0.2) is 0 Å². The topological polar surface area (TPSA) is 46.1 Å². The number of thiophene rings is 1. The number of rotatable bonds is 5. The number of aryl methyl sites for hydroxylation is 2. The molecular weight excluding hydrogens is 294 g/mol. The second-order valence-corrected chi connectivity index (χ2v) is 7.26. The molecule has 3 rings (SSSR count). The molecule has 0 aromatic carbocycles. The Bertz CT molecular complexity index is 718. The van der Waals surface area contributed by atoms with Crippen molar-refractivity contribution in [3.05, 3.63) is 22.0 Å². The summed E-state index contributed by atoms with van der Waals surface area (Å²) in [6, 6.07) is 0. The van der Waals surface area contributed by atoms with Crippen molar-refractivity contribution in [2.75, 3.05) is 13.6 Å². The van der Waals surface area contributed by atoms with Gasteiger partial charge in [0.15, 0.2) is 0 Å². The van der Waals surface area contributed by atoms with Gasteiger partial charge in [-0.15, -0.1) is 11.3 Å². The Kier molecular flexibility index (Phi) is 4.17. The van der Waals surface area contributed by atoms with Gasteiger partial charge in [0.1, 0.15) is 10.7 Å². The molecule has 2 heterocycles. The first-order chi connectivity index (χ1) is 10.5. The van der Waals surface area contributed by atoms with Gasteiger partial charge in [-0.1, -0.05) is 13.3 Å². The smallest absolute Gasteiger partial charge is 0.264 e. The number of unbranched alkanes of at least 4 members (excludes halogenated alkanes) is 1. The maximum Gasteiger partial charge on any atom is 0.264 e. The summed E-state index contributed by atoms with van der Waals surface area (Å²) in [5.41, 5.74) is 2.05. The van der Waals surface area contributed by atoms with E-state index < -0.39 is 0 Å². The van der Waals surface area contributed by atoms with Crippen molar-refractivity contribution < 1.29 is 4.79 Å². The van der Waals surface area contributed by atoms with Crippen LogP contribution in [-0.2, 0) is 0 Å². The fourth-order valence-electron chi connectivity index (χ4n) is 2.76. The lowest BCUT2D eigenvalue weighted by Crippen LogP contribution is -2.27. The molecule has 2 aromatic rings. The van der Waals surface area contributed by atoms with Crippen molar-refractivity contribution in [1.82, 2.24) is 14.9 Å². The predicted octanol–water partition coefficient (Wildman–Crippen LogP) is 4.06. The van der Waals surface area contributed by atoms with E-state index in [2.05, 4.69) is 11.9 Å². The van der Waals surface area contributed by atoms with E-state index in [1.54, 1.807) is 0 Å². The summed E-state index contributed by atoms with van der Waals surface area (Å²) in [6.07, 6.45) is 4.52. The second-order valence-electron chi connectivity index (χ2n) is 6.26. The molecule has 0 spiro atoms. The van der Waals surface area contributed by atoms with E-state index in [9.17, 15) is 4.79 Å². The Balaban J connectivity index is 1.98. The van der Waals surface area contributed by atoms with Crippen LogP contribution in [0.2, 0.25) is 0 Å². The molecule has 2 aromatic heterocycles. The summed E-state index contributed by atoms with van der Waals surface area (Å²) in [5, 5.41) is 1.07. The van der Waals surface area contributed by atoms with Gasteiger partial charge in [-0.25, -0.2) is 9.97 Å². The molecule has 1 amide bonds. The molecule has 0 radical (unpaired) electrons. The monoisotopic (exact) mass is 317 g/mol. The first kappa shape index (κ1) is 15.4. The summed E-state index contributed by atoms with van der Waals surface area (Å²) in [5.74, 6) is 1.61. The van der Waals surface area contributed by atoms with Crippen molar-refractivity contribution in [2.45, 2.75) is 52.4 Å². The third-order valence-corrected chi connectivity index (χ3v) is 5.49. The lowest BCUT2D eigenvalue weighted by molar-refractivity contribution is 0.0797. The molecule has 0 bridgehead atoms. The predicted molar refractivity (Wildman–Crippen MR) is 90.7 cm³/mol. The molecular formula is C17H23N3OS. The third-order valence-electron chi connectivity index (χ3n) is 4.32. The number of fused-ring (bicyclic) bond motifs is 1. The second kappa shape index (κ2) is 5.95. The van der Waals surface area contributed by atoms with Crippen LogP contribution in [0.5, 0.6) is 0 Å². The number of nitrogens with zero attached hydrogens (tertiary/aromatic N) is 3. The number of aromatic nitrogens is 2. The molecule has 0 saturated heterocycles. The van der Waals surface area contributed by atoms with Gasteiger partial charge in [0.05, 0.1) is 10.6 Å². The highest BCUT2D eigenvalue weighted by atomic mass is 32.1. The Morgan fingerprint density at radius 3 is 2.68 bits per heavy atom. The van der Waals surface area contributed by atoms with E-state index in [0.29, 0.717) is 5.92 Å². The standard InChI is InChI=1S/C17H23N3OS/c1-5-6-9-20(4)17(21)14-10(2)13-11(3)18-15(12-7-8-12)19-16(13)22-14/h12H,5-9H2,1-4H3. The quantitative estimate of drug-likeness (QED) is 0.835. The number of hydrogen-bond donors (Lipinski definition) is 0. The number of hydrogen-bond acceptors (Lipinski definition) is 4. The first-order valence-corrected chi connectivity index (χ1v) is 8.87. The lowest BCUT2D eigenvalue weighted by atomic mass is 10.1. The van der Waals surface area contributed by atoms with Crippen LogP contribution in [-0.4, -0.2) is 34.4 Å². The van der Waals surface area contributed by atoms with E-state index in [1.165, 1.54) is 24.2 Å². The molecule has 1 fully saturated rings. The zero-order chi connectivity index (χ0) is 15.9. The Hall–Kier alpha value is -1.49. The van der Waals surface area contributed by atoms with Crippen molar-refractivity contribution >= 4 is 27.5 Å². The largest absolute Gasteiger partial charge is 0.341 e. The average Bonchev–Trinajstić information content (AvgIpc) is 3.28. The van der Waals surface area contributed by atoms with E-state index >= 15 is 0 Å². The van der Waals surface area contributed by atoms with Crippen molar-refractivity contribution in [2.24, 2.45) is 0 Å². The van der Waals surface area contributed by atoms with Gasteiger partial charge in [0, 0.05) is 24.9 Å². The summed E-state index contributed by atoms with van der Waals surface area (Å²) < 4.78 is 0. The molecule has 1 aliphatic carbocycles. The fourth-order valence-corrected chi connectivity index (χ4v) is 3.99. The minimum Gasteiger partial charge on any atom is -0.341 e. The normalized spacial score (nSPS) is 14.5. The summed E-state index contributed by atoms with van der Waals surface area (Å²) in [6.45, 7) is 7.00. The van der Waals surface area contributed by atoms with Crippen LogP contribution in [0.1, 0.15) is 65.3 Å². The molecule has 22 heavy (non-hydrogen) atoms. The van der Waals surface area contributed by atoms with Gasteiger partial charge in [-0.3, -0.25) is 4.79 Å². The highest BCUT2D eigenvalue weighted by Crippen LogP contribution is 2.40. The molecule has 0 aliphatic heterocycles. The lowest BCUT2D eigenvalue weighted by Gasteiger charge is -2.16. The van der Waals surface area contributed by atoms with Gasteiger partial charge < -0.3 is 4.90 Å². The average molecular weight is 317 g/mol. The maximum absolute atomic E-state index is 12.7. The number of carbonyl (C=O) groups excluding carboxylic acids is 1. The summed E-state index contributed by atoms with van der Waals surface area (Å²) in [4.78, 5) is 25.7. The zero-order valence-corrected chi connectivity index (χ0v) is 14.6. The zero-order valence-electron chi connectivity index (χ0n) is 13.8. The molecule has 1 aliphatic rings. The highest BCUT2D eigenvalue weighted by Gasteiger charge is 2.28. The molecule has 0 N–H and O–H groups in total. The van der Waals surface area contributed by atoms with Gasteiger partial charge in [-0.05, 0) is 38.7 Å². The van der Waals surface area contributed by atoms with E-state index in [4.69, 9.17) is 4.98 Å². The Morgan fingerprint density at radius 1 is 1.32 bits per heavy atom. The highest BCUT2D eigenvalue weighted by molar-refractivity contribution is 7.20. The van der Waals surface area contributed by atoms with E-state index in [0.717, 1.165) is 51.6 Å². The van der Waals surface area contributed by atoms with Crippen LogP contribution >= 0.6 is 11.3 Å². The first-order valence-electron chi connectivity index (χ1n) is 8.06. The molecule has 1 saturated carbocycles. The molecule has 0 atom stereocenters. The fraction of sp³-hybridized carbons (Fsp3) is 0.588. The van der Waals surface area contributed by atoms with E-state index in [-0.39, 0.29) is 5.91 Å². The van der Waals surface area contributed by atoms with Crippen LogP contribution in [0.25, 0.3) is 10.2 Å². The SMILES string of the molecule is CCCCN(C)C(=O)c1sc2nc(C3CC3)nc(C)c2c1C. The Morgan fingerprint density at radius 2 is 2.05 bits per heavy atom. The maximum atomic E-state index is 12.7. The Labute approximate surface area is 135 Å². The third kappa shape index (κ3) is 2.74. The minimum atomic E-state index is 0.112. The number of amides is 1. The van der Waals surface area contributed by atoms with Gasteiger partial charge in [0.25, 0.3) is 5.91 Å². The van der Waals surface area contributed by atoms with Crippen molar-refractivity contribution in [3.8, 4) is 0 Å². The van der Waals surface area contributed by atoms with Crippen LogP contribution in [0, 0.1) is 13.8 Å².